The van der Waals surface area contributed by atoms with Gasteiger partial charge in [0.05, 0.1) is 9.80 Å². The first-order valence-corrected chi connectivity index (χ1v) is 6.79. The lowest BCUT2D eigenvalue weighted by Gasteiger charge is -2.06. The van der Waals surface area contributed by atoms with E-state index in [9.17, 15) is 10.1 Å². The van der Waals surface area contributed by atoms with Gasteiger partial charge in [-0.1, -0.05) is 0 Å². The molecule has 2 aromatic heterocycles. The predicted octanol–water partition coefficient (Wildman–Crippen LogP) is 3.31. The van der Waals surface area contributed by atoms with Crippen LogP contribution in [0.1, 0.15) is 6.92 Å². The minimum Gasteiger partial charge on any atom is -0.364 e. The molecule has 0 amide bonds. The predicted molar refractivity (Wildman–Crippen MR) is 73.9 cm³/mol. The standard InChI is InChI=1S/C10H9BrN4O2S/c1-2-12-10-8(15(16)17)7(13-5-14-10)9-6(11)3-4-18-9/h3-5H,2H2,1H3,(H,12,13,14). The minimum atomic E-state index is -0.459. The SMILES string of the molecule is CCNc1ncnc(-c2sccc2Br)c1[N+](=O)[O-]. The maximum absolute atomic E-state index is 11.2. The first-order valence-electron chi connectivity index (χ1n) is 5.11. The fourth-order valence-electron chi connectivity index (χ4n) is 1.48. The highest BCUT2D eigenvalue weighted by atomic mass is 79.9. The normalized spacial score (nSPS) is 10.3. The number of rotatable bonds is 4. The summed E-state index contributed by atoms with van der Waals surface area (Å²) in [5, 5.41) is 15.9. The van der Waals surface area contributed by atoms with E-state index in [1.807, 2.05) is 18.4 Å². The van der Waals surface area contributed by atoms with Gasteiger partial charge in [-0.05, 0) is 34.3 Å². The van der Waals surface area contributed by atoms with Crippen molar-refractivity contribution in [2.75, 3.05) is 11.9 Å². The molecule has 0 saturated carbocycles. The van der Waals surface area contributed by atoms with Crippen molar-refractivity contribution in [2.24, 2.45) is 0 Å². The maximum atomic E-state index is 11.2. The minimum absolute atomic E-state index is 0.0949. The van der Waals surface area contributed by atoms with Crippen LogP contribution in [0.4, 0.5) is 11.5 Å². The van der Waals surface area contributed by atoms with Crippen molar-refractivity contribution in [3.63, 3.8) is 0 Å². The van der Waals surface area contributed by atoms with Crippen LogP contribution < -0.4 is 5.32 Å². The summed E-state index contributed by atoms with van der Waals surface area (Å²) >= 11 is 4.75. The lowest BCUT2D eigenvalue weighted by atomic mass is 10.2. The molecule has 18 heavy (non-hydrogen) atoms. The Bertz CT molecular complexity index is 587. The van der Waals surface area contributed by atoms with Crippen molar-refractivity contribution >= 4 is 38.8 Å². The van der Waals surface area contributed by atoms with Gasteiger partial charge in [0.1, 0.15) is 6.33 Å². The number of nitrogens with one attached hydrogen (secondary N) is 1. The average molecular weight is 329 g/mol. The van der Waals surface area contributed by atoms with Gasteiger partial charge >= 0.3 is 5.69 Å². The number of thiophene rings is 1. The summed E-state index contributed by atoms with van der Waals surface area (Å²) in [4.78, 5) is 19.4. The lowest BCUT2D eigenvalue weighted by Crippen LogP contribution is -2.05. The zero-order valence-corrected chi connectivity index (χ0v) is 11.8. The number of anilines is 1. The van der Waals surface area contributed by atoms with Gasteiger partial charge < -0.3 is 5.32 Å². The Hall–Kier alpha value is -1.54. The molecule has 8 heteroatoms. The molecule has 2 heterocycles. The molecule has 6 nitrogen and oxygen atoms in total. The van der Waals surface area contributed by atoms with Gasteiger partial charge in [0.2, 0.25) is 5.82 Å². The molecule has 0 atom stereocenters. The molecule has 0 aliphatic rings. The summed E-state index contributed by atoms with van der Waals surface area (Å²) in [5.74, 6) is 0.243. The van der Waals surface area contributed by atoms with Crippen LogP contribution in [0.15, 0.2) is 22.2 Å². The van der Waals surface area contributed by atoms with Gasteiger partial charge in [0.25, 0.3) is 0 Å². The van der Waals surface area contributed by atoms with Crippen LogP contribution in [-0.4, -0.2) is 21.4 Å². The lowest BCUT2D eigenvalue weighted by molar-refractivity contribution is -0.383. The summed E-state index contributed by atoms with van der Waals surface area (Å²) in [6, 6.07) is 1.83. The Morgan fingerprint density at radius 1 is 1.56 bits per heavy atom. The highest BCUT2D eigenvalue weighted by Gasteiger charge is 2.25. The Morgan fingerprint density at radius 3 is 2.89 bits per heavy atom. The second-order valence-electron chi connectivity index (χ2n) is 3.30. The van der Waals surface area contributed by atoms with E-state index in [4.69, 9.17) is 0 Å². The number of halogens is 1. The largest absolute Gasteiger partial charge is 0.364 e. The summed E-state index contributed by atoms with van der Waals surface area (Å²) in [7, 11) is 0. The summed E-state index contributed by atoms with van der Waals surface area (Å²) in [5.41, 5.74) is 0.232. The Labute approximate surface area is 115 Å². The van der Waals surface area contributed by atoms with E-state index in [1.165, 1.54) is 17.7 Å². The summed E-state index contributed by atoms with van der Waals surface area (Å²) in [6.07, 6.45) is 1.33. The van der Waals surface area contributed by atoms with Crippen LogP contribution in [0.2, 0.25) is 0 Å². The van der Waals surface area contributed by atoms with Gasteiger partial charge in [0.15, 0.2) is 5.69 Å². The first-order chi connectivity index (χ1) is 8.65. The van der Waals surface area contributed by atoms with Crippen LogP contribution in [-0.2, 0) is 0 Å². The number of hydrogen-bond donors (Lipinski definition) is 1. The molecule has 0 bridgehead atoms. The van der Waals surface area contributed by atoms with Crippen LogP contribution in [0, 0.1) is 10.1 Å². The molecule has 0 fully saturated rings. The van der Waals surface area contributed by atoms with Crippen molar-refractivity contribution in [3.8, 4) is 10.6 Å². The highest BCUT2D eigenvalue weighted by molar-refractivity contribution is 9.10. The van der Waals surface area contributed by atoms with Gasteiger partial charge in [-0.2, -0.15) is 0 Å². The number of nitrogens with zero attached hydrogens (tertiary/aromatic N) is 3. The van der Waals surface area contributed by atoms with E-state index in [-0.39, 0.29) is 11.5 Å². The first kappa shape index (κ1) is 12.9. The highest BCUT2D eigenvalue weighted by Crippen LogP contribution is 2.39. The van der Waals surface area contributed by atoms with E-state index in [0.717, 1.165) is 9.35 Å². The van der Waals surface area contributed by atoms with Crippen LogP contribution >= 0.6 is 27.3 Å². The molecule has 0 unspecified atom stereocenters. The van der Waals surface area contributed by atoms with E-state index < -0.39 is 4.92 Å². The zero-order chi connectivity index (χ0) is 13.1. The molecule has 0 saturated heterocycles. The Balaban J connectivity index is 2.64. The fourth-order valence-corrected chi connectivity index (χ4v) is 3.03. The summed E-state index contributed by atoms with van der Waals surface area (Å²) in [6.45, 7) is 2.41. The van der Waals surface area contributed by atoms with Gasteiger partial charge in [-0.25, -0.2) is 9.97 Å². The van der Waals surface area contributed by atoms with Crippen molar-refractivity contribution in [1.82, 2.24) is 9.97 Å². The number of aromatic nitrogens is 2. The second kappa shape index (κ2) is 5.40. The van der Waals surface area contributed by atoms with E-state index in [0.29, 0.717) is 12.2 Å². The fraction of sp³-hybridized carbons (Fsp3) is 0.200. The van der Waals surface area contributed by atoms with Crippen LogP contribution in [0.25, 0.3) is 10.6 Å². The molecule has 0 aliphatic heterocycles. The van der Waals surface area contributed by atoms with E-state index in [1.54, 1.807) is 0 Å². The van der Waals surface area contributed by atoms with Gasteiger partial charge in [0, 0.05) is 11.0 Å². The van der Waals surface area contributed by atoms with E-state index >= 15 is 0 Å². The second-order valence-corrected chi connectivity index (χ2v) is 5.08. The van der Waals surface area contributed by atoms with Crippen molar-refractivity contribution in [1.29, 1.82) is 0 Å². The third-order valence-corrected chi connectivity index (χ3v) is 4.03. The molecular weight excluding hydrogens is 320 g/mol. The quantitative estimate of drug-likeness (QED) is 0.687. The molecule has 0 aromatic carbocycles. The van der Waals surface area contributed by atoms with Crippen molar-refractivity contribution < 1.29 is 4.92 Å². The topological polar surface area (TPSA) is 81.0 Å². The van der Waals surface area contributed by atoms with Gasteiger partial charge in [-0.3, -0.25) is 10.1 Å². The monoisotopic (exact) mass is 328 g/mol. The number of nitro groups is 1. The summed E-state index contributed by atoms with van der Waals surface area (Å²) < 4.78 is 0.789. The van der Waals surface area contributed by atoms with Crippen LogP contribution in [0.3, 0.4) is 0 Å². The molecular formula is C10H9BrN4O2S. The number of hydrogen-bond acceptors (Lipinski definition) is 6. The Kier molecular flexibility index (Phi) is 3.87. The third kappa shape index (κ3) is 2.34. The molecule has 0 spiro atoms. The smallest absolute Gasteiger partial charge is 0.338 e. The molecule has 1 N–H and O–H groups in total. The van der Waals surface area contributed by atoms with Crippen LogP contribution in [0.5, 0.6) is 0 Å². The maximum Gasteiger partial charge on any atom is 0.338 e. The van der Waals surface area contributed by atoms with Crippen molar-refractivity contribution in [2.45, 2.75) is 6.92 Å². The van der Waals surface area contributed by atoms with Gasteiger partial charge in [-0.15, -0.1) is 11.3 Å². The molecule has 0 aliphatic carbocycles. The molecule has 2 aromatic rings. The van der Waals surface area contributed by atoms with E-state index in [2.05, 4.69) is 31.2 Å². The molecule has 2 rings (SSSR count). The Morgan fingerprint density at radius 2 is 2.33 bits per heavy atom. The average Bonchev–Trinajstić information content (AvgIpc) is 2.75. The molecule has 94 valence electrons. The third-order valence-electron chi connectivity index (χ3n) is 2.18. The molecule has 0 radical (unpaired) electrons. The van der Waals surface area contributed by atoms with Crippen molar-refractivity contribution in [3.05, 3.63) is 32.4 Å². The zero-order valence-electron chi connectivity index (χ0n) is 9.38.